The van der Waals surface area contributed by atoms with Crippen LogP contribution in [0.4, 0.5) is 0 Å². The lowest BCUT2D eigenvalue weighted by atomic mass is 9.82. The number of ketones is 1. The van der Waals surface area contributed by atoms with Crippen LogP contribution in [0, 0.1) is 0 Å². The van der Waals surface area contributed by atoms with E-state index in [1.807, 2.05) is 104 Å². The van der Waals surface area contributed by atoms with Gasteiger partial charge in [-0.1, -0.05) is 120 Å². The molecular weight excluding hydrogens is 419 g/mol. The van der Waals surface area contributed by atoms with E-state index in [0.29, 0.717) is 0 Å². The van der Waals surface area contributed by atoms with Crippen LogP contribution in [-0.2, 0) is 8.22 Å². The predicted molar refractivity (Wildman–Crippen MR) is 113 cm³/mol. The second kappa shape index (κ2) is 7.79. The molecule has 0 fully saturated rings. The zero-order chi connectivity index (χ0) is 17.7. The van der Waals surface area contributed by atoms with Crippen molar-refractivity contribution in [2.45, 2.75) is 10.3 Å². The first-order chi connectivity index (χ1) is 12.2. The van der Waals surface area contributed by atoms with Gasteiger partial charge in [-0.3, -0.25) is 4.79 Å². The summed E-state index contributed by atoms with van der Waals surface area (Å²) in [7, 11) is 0. The smallest absolute Gasteiger partial charge is 0.187 e. The van der Waals surface area contributed by atoms with Gasteiger partial charge in [-0.2, -0.15) is 0 Å². The Morgan fingerprint density at radius 3 is 1.56 bits per heavy atom. The van der Waals surface area contributed by atoms with E-state index in [2.05, 4.69) is 22.6 Å². The second-order valence-corrected chi connectivity index (χ2v) is 7.41. The first-order valence-electron chi connectivity index (χ1n) is 8.24. The Bertz CT molecular complexity index is 828. The highest BCUT2D eigenvalue weighted by atomic mass is 127. The van der Waals surface area contributed by atoms with Crippen molar-refractivity contribution in [2.75, 3.05) is 0 Å². The second-order valence-electron chi connectivity index (χ2n) is 5.79. The van der Waals surface area contributed by atoms with Gasteiger partial charge in [-0.05, 0) is 23.6 Å². The maximum absolute atomic E-state index is 13.7. The van der Waals surface area contributed by atoms with Crippen LogP contribution < -0.4 is 0 Å². The van der Waals surface area contributed by atoms with Gasteiger partial charge in [0, 0.05) is 5.57 Å². The minimum absolute atomic E-state index is 0.0965. The van der Waals surface area contributed by atoms with Crippen LogP contribution in [0.5, 0.6) is 0 Å². The SMILES string of the molecule is C/C=C(/C(=O)C(I)(c1ccccc1)c1ccccc1)c1ccccc1. The third-order valence-electron chi connectivity index (χ3n) is 4.27. The van der Waals surface area contributed by atoms with Crippen molar-refractivity contribution in [1.29, 1.82) is 0 Å². The van der Waals surface area contributed by atoms with Gasteiger partial charge in [0.15, 0.2) is 5.78 Å². The zero-order valence-corrected chi connectivity index (χ0v) is 16.2. The standard InChI is InChI=1S/C23H19IO/c1-2-21(18-12-6-3-7-13-18)22(25)23(24,19-14-8-4-9-15-19)20-16-10-5-11-17-20/h2-17H,1H3/b21-2+. The Morgan fingerprint density at radius 2 is 1.16 bits per heavy atom. The van der Waals surface area contributed by atoms with Gasteiger partial charge in [0.25, 0.3) is 0 Å². The molecule has 1 nitrogen and oxygen atoms in total. The van der Waals surface area contributed by atoms with Crippen molar-refractivity contribution in [2.24, 2.45) is 0 Å². The molecule has 0 bridgehead atoms. The van der Waals surface area contributed by atoms with Gasteiger partial charge in [0.05, 0.1) is 0 Å². The summed E-state index contributed by atoms with van der Waals surface area (Å²) in [5.74, 6) is 0.0965. The molecule has 3 rings (SSSR count). The fourth-order valence-electron chi connectivity index (χ4n) is 3.00. The Labute approximate surface area is 162 Å². The molecule has 0 aromatic heterocycles. The number of rotatable bonds is 5. The lowest BCUT2D eigenvalue weighted by molar-refractivity contribution is -0.114. The van der Waals surface area contributed by atoms with Crippen molar-refractivity contribution < 1.29 is 4.79 Å². The molecule has 0 unspecified atom stereocenters. The number of carbonyl (C=O) groups is 1. The molecule has 0 aliphatic rings. The van der Waals surface area contributed by atoms with Crippen LogP contribution in [0.2, 0.25) is 0 Å². The van der Waals surface area contributed by atoms with E-state index in [1.54, 1.807) is 0 Å². The number of carbonyl (C=O) groups excluding carboxylic acids is 1. The molecule has 2 heteroatoms. The number of halogens is 1. The summed E-state index contributed by atoms with van der Waals surface area (Å²) in [4.78, 5) is 13.7. The summed E-state index contributed by atoms with van der Waals surface area (Å²) in [5, 5.41) is 0. The highest BCUT2D eigenvalue weighted by molar-refractivity contribution is 14.1. The molecule has 25 heavy (non-hydrogen) atoms. The molecule has 0 radical (unpaired) electrons. The number of benzene rings is 3. The van der Waals surface area contributed by atoms with Crippen molar-refractivity contribution in [3.05, 3.63) is 114 Å². The van der Waals surface area contributed by atoms with Crippen LogP contribution >= 0.6 is 22.6 Å². The third kappa shape index (κ3) is 3.45. The molecule has 0 aliphatic carbocycles. The molecule has 0 aliphatic heterocycles. The van der Waals surface area contributed by atoms with E-state index < -0.39 is 3.42 Å². The van der Waals surface area contributed by atoms with Crippen molar-refractivity contribution in [1.82, 2.24) is 0 Å². The van der Waals surface area contributed by atoms with Crippen molar-refractivity contribution in [3.63, 3.8) is 0 Å². The van der Waals surface area contributed by atoms with Crippen molar-refractivity contribution >= 4 is 33.9 Å². The van der Waals surface area contributed by atoms with Crippen molar-refractivity contribution in [3.8, 4) is 0 Å². The lowest BCUT2D eigenvalue weighted by Crippen LogP contribution is -2.31. The van der Waals surface area contributed by atoms with Crippen LogP contribution in [-0.4, -0.2) is 5.78 Å². The number of Topliss-reactive ketones (excluding diaryl/α,β-unsaturated/α-hetero) is 1. The van der Waals surface area contributed by atoms with E-state index in [4.69, 9.17) is 0 Å². The zero-order valence-electron chi connectivity index (χ0n) is 14.0. The van der Waals surface area contributed by atoms with Gasteiger partial charge in [0.2, 0.25) is 0 Å². The molecule has 0 spiro atoms. The van der Waals surface area contributed by atoms with Crippen LogP contribution in [0.3, 0.4) is 0 Å². The largest absolute Gasteiger partial charge is 0.292 e. The maximum Gasteiger partial charge on any atom is 0.187 e. The van der Waals surface area contributed by atoms with E-state index in [-0.39, 0.29) is 5.78 Å². The summed E-state index contributed by atoms with van der Waals surface area (Å²) in [6, 6.07) is 29.8. The number of allylic oxidation sites excluding steroid dienone is 2. The highest BCUT2D eigenvalue weighted by Gasteiger charge is 2.40. The Morgan fingerprint density at radius 1 is 0.760 bits per heavy atom. The topological polar surface area (TPSA) is 17.1 Å². The van der Waals surface area contributed by atoms with Crippen LogP contribution in [0.15, 0.2) is 97.1 Å². The minimum atomic E-state index is -0.766. The van der Waals surface area contributed by atoms with Gasteiger partial charge in [-0.25, -0.2) is 0 Å². The summed E-state index contributed by atoms with van der Waals surface area (Å²) in [6.07, 6.45) is 1.91. The summed E-state index contributed by atoms with van der Waals surface area (Å²) >= 11 is 2.31. The van der Waals surface area contributed by atoms with Crippen LogP contribution in [0.1, 0.15) is 23.6 Å². The average Bonchev–Trinajstić information content (AvgIpc) is 2.70. The third-order valence-corrected chi connectivity index (χ3v) is 6.01. The molecule has 3 aromatic rings. The van der Waals surface area contributed by atoms with Gasteiger partial charge in [-0.15, -0.1) is 0 Å². The number of hydrogen-bond acceptors (Lipinski definition) is 1. The molecule has 0 atom stereocenters. The molecule has 124 valence electrons. The lowest BCUT2D eigenvalue weighted by Gasteiger charge is -2.28. The van der Waals surface area contributed by atoms with Gasteiger partial charge in [0.1, 0.15) is 3.42 Å². The summed E-state index contributed by atoms with van der Waals surface area (Å²) < 4.78 is -0.766. The molecule has 0 saturated heterocycles. The fourth-order valence-corrected chi connectivity index (χ4v) is 4.01. The van der Waals surface area contributed by atoms with E-state index in [0.717, 1.165) is 22.3 Å². The quantitative estimate of drug-likeness (QED) is 0.270. The summed E-state index contributed by atoms with van der Waals surface area (Å²) in [6.45, 7) is 1.92. The molecule has 0 amide bonds. The molecule has 0 heterocycles. The number of hydrogen-bond donors (Lipinski definition) is 0. The first kappa shape index (κ1) is 17.6. The van der Waals surface area contributed by atoms with Gasteiger partial charge >= 0.3 is 0 Å². The Kier molecular flexibility index (Phi) is 5.49. The average molecular weight is 438 g/mol. The Balaban J connectivity index is 2.17. The predicted octanol–water partition coefficient (Wildman–Crippen LogP) is 6.04. The Hall–Kier alpha value is -2.20. The minimum Gasteiger partial charge on any atom is -0.292 e. The fraction of sp³-hybridized carbons (Fsp3) is 0.0870. The number of alkyl halides is 1. The molecular formula is C23H19IO. The van der Waals surface area contributed by atoms with E-state index in [9.17, 15) is 4.79 Å². The van der Waals surface area contributed by atoms with E-state index >= 15 is 0 Å². The monoisotopic (exact) mass is 438 g/mol. The molecule has 0 N–H and O–H groups in total. The van der Waals surface area contributed by atoms with Crippen LogP contribution in [0.25, 0.3) is 5.57 Å². The summed E-state index contributed by atoms with van der Waals surface area (Å²) in [5.41, 5.74) is 3.66. The maximum atomic E-state index is 13.7. The highest BCUT2D eigenvalue weighted by Crippen LogP contribution is 2.43. The van der Waals surface area contributed by atoms with E-state index in [1.165, 1.54) is 0 Å². The van der Waals surface area contributed by atoms with Gasteiger partial charge < -0.3 is 0 Å². The first-order valence-corrected chi connectivity index (χ1v) is 9.32. The normalized spacial score (nSPS) is 12.0. The molecule has 0 saturated carbocycles. The molecule has 3 aromatic carbocycles.